The number of carbonyl (C=O) groups excluding carboxylic acids is 1. The van der Waals surface area contributed by atoms with Crippen molar-refractivity contribution < 1.29 is 9.53 Å². The van der Waals surface area contributed by atoms with Crippen LogP contribution < -0.4 is 15.0 Å². The monoisotopic (exact) mass is 398 g/mol. The highest BCUT2D eigenvalue weighted by Crippen LogP contribution is 2.39. The van der Waals surface area contributed by atoms with Gasteiger partial charge in [0.05, 0.1) is 13.2 Å². The number of hydrogen-bond acceptors (Lipinski definition) is 3. The Hall–Kier alpha value is -3.53. The molecule has 0 aliphatic carbocycles. The Morgan fingerprint density at radius 2 is 1.70 bits per heavy atom. The lowest BCUT2D eigenvalue weighted by Gasteiger charge is -2.39. The van der Waals surface area contributed by atoms with Gasteiger partial charge in [0.1, 0.15) is 5.75 Å². The molecule has 0 fully saturated rings. The topological polar surface area (TPSA) is 41.6 Å². The van der Waals surface area contributed by atoms with Crippen LogP contribution in [-0.4, -0.2) is 19.1 Å². The second-order valence-corrected chi connectivity index (χ2v) is 7.52. The summed E-state index contributed by atoms with van der Waals surface area (Å²) >= 11 is 0. The molecular formula is C26H26N2O2. The van der Waals surface area contributed by atoms with Crippen molar-refractivity contribution >= 4 is 23.4 Å². The predicted octanol–water partition coefficient (Wildman–Crippen LogP) is 5.69. The maximum atomic E-state index is 13.1. The number of nitrogens with zero attached hydrogens (tertiary/aromatic N) is 1. The molecule has 0 bridgehead atoms. The van der Waals surface area contributed by atoms with Gasteiger partial charge in [-0.3, -0.25) is 4.79 Å². The second-order valence-electron chi connectivity index (χ2n) is 7.52. The molecule has 1 aliphatic heterocycles. The number of benzene rings is 3. The standard InChI is InChI=1S/C26H26N2O2/c1-19-18-24(27-21-8-4-3-5-9-21)23-10-6-7-11-25(23)28(19)26(29)17-14-20-12-15-22(30-2)16-13-20/h3-17,19,24,27H,18H2,1-2H3/b17-14+/t19-,24-/m1/s1. The van der Waals surface area contributed by atoms with Gasteiger partial charge in [0.25, 0.3) is 5.91 Å². The highest BCUT2D eigenvalue weighted by atomic mass is 16.5. The average molecular weight is 399 g/mol. The highest BCUT2D eigenvalue weighted by Gasteiger charge is 2.32. The zero-order valence-electron chi connectivity index (χ0n) is 17.3. The lowest BCUT2D eigenvalue weighted by molar-refractivity contribution is -0.114. The largest absolute Gasteiger partial charge is 0.497 e. The van der Waals surface area contributed by atoms with E-state index >= 15 is 0 Å². The van der Waals surface area contributed by atoms with Crippen molar-refractivity contribution in [3.8, 4) is 5.75 Å². The van der Waals surface area contributed by atoms with Gasteiger partial charge in [0.15, 0.2) is 0 Å². The van der Waals surface area contributed by atoms with E-state index in [0.717, 1.165) is 34.7 Å². The molecule has 4 rings (SSSR count). The third-order valence-electron chi connectivity index (χ3n) is 5.48. The molecule has 30 heavy (non-hydrogen) atoms. The number of hydrogen-bond donors (Lipinski definition) is 1. The van der Waals surface area contributed by atoms with Crippen LogP contribution in [0.5, 0.6) is 5.75 Å². The Labute approximate surface area is 177 Å². The molecule has 1 heterocycles. The molecule has 0 radical (unpaired) electrons. The molecule has 0 aromatic heterocycles. The minimum atomic E-state index is -0.0103. The summed E-state index contributed by atoms with van der Waals surface area (Å²) in [7, 11) is 1.64. The SMILES string of the molecule is COc1ccc(/C=C/C(=O)N2c3ccccc3[C@H](Nc3ccccc3)C[C@H]2C)cc1. The van der Waals surface area contributed by atoms with Crippen molar-refractivity contribution in [3.05, 3.63) is 96.1 Å². The first-order valence-corrected chi connectivity index (χ1v) is 10.2. The molecule has 1 aliphatic rings. The zero-order chi connectivity index (χ0) is 20.9. The van der Waals surface area contributed by atoms with Crippen LogP contribution >= 0.6 is 0 Å². The highest BCUT2D eigenvalue weighted by molar-refractivity contribution is 6.05. The molecule has 4 heteroatoms. The van der Waals surface area contributed by atoms with Gasteiger partial charge in [-0.2, -0.15) is 0 Å². The van der Waals surface area contributed by atoms with E-state index in [2.05, 4.69) is 30.4 Å². The number of fused-ring (bicyclic) bond motifs is 1. The van der Waals surface area contributed by atoms with Crippen LogP contribution in [0.2, 0.25) is 0 Å². The lowest BCUT2D eigenvalue weighted by Crippen LogP contribution is -2.43. The van der Waals surface area contributed by atoms with Crippen LogP contribution in [0, 0.1) is 0 Å². The van der Waals surface area contributed by atoms with E-state index in [9.17, 15) is 4.79 Å². The molecule has 0 spiro atoms. The number of carbonyl (C=O) groups is 1. The first-order valence-electron chi connectivity index (χ1n) is 10.2. The predicted molar refractivity (Wildman–Crippen MR) is 123 cm³/mol. The van der Waals surface area contributed by atoms with Gasteiger partial charge in [-0.25, -0.2) is 0 Å². The van der Waals surface area contributed by atoms with E-state index < -0.39 is 0 Å². The van der Waals surface area contributed by atoms with E-state index in [-0.39, 0.29) is 18.0 Å². The second kappa shape index (κ2) is 8.87. The number of ether oxygens (including phenoxy) is 1. The van der Waals surface area contributed by atoms with Gasteiger partial charge < -0.3 is 15.0 Å². The van der Waals surface area contributed by atoms with Gasteiger partial charge in [-0.05, 0) is 60.9 Å². The summed E-state index contributed by atoms with van der Waals surface area (Å²) in [5.74, 6) is 0.790. The Morgan fingerprint density at radius 3 is 2.43 bits per heavy atom. The molecule has 3 aromatic carbocycles. The van der Waals surface area contributed by atoms with Crippen LogP contribution in [0.3, 0.4) is 0 Å². The van der Waals surface area contributed by atoms with Crippen molar-refractivity contribution in [2.45, 2.75) is 25.4 Å². The summed E-state index contributed by atoms with van der Waals surface area (Å²) in [5, 5.41) is 3.63. The Balaban J connectivity index is 1.57. The minimum Gasteiger partial charge on any atom is -0.497 e. The fourth-order valence-corrected chi connectivity index (χ4v) is 3.98. The summed E-state index contributed by atoms with van der Waals surface area (Å²) in [6, 6.07) is 26.3. The van der Waals surface area contributed by atoms with Gasteiger partial charge in [0.2, 0.25) is 0 Å². The van der Waals surface area contributed by atoms with Crippen molar-refractivity contribution in [1.82, 2.24) is 0 Å². The van der Waals surface area contributed by atoms with Crippen molar-refractivity contribution in [2.75, 3.05) is 17.3 Å². The number of methoxy groups -OCH3 is 1. The molecule has 0 saturated carbocycles. The average Bonchev–Trinajstić information content (AvgIpc) is 2.78. The fraction of sp³-hybridized carbons (Fsp3) is 0.192. The molecule has 2 atom stereocenters. The smallest absolute Gasteiger partial charge is 0.251 e. The molecule has 0 unspecified atom stereocenters. The van der Waals surface area contributed by atoms with Crippen LogP contribution in [0.15, 0.2) is 84.9 Å². The number of anilines is 2. The number of para-hydroxylation sites is 2. The van der Waals surface area contributed by atoms with Crippen molar-refractivity contribution in [1.29, 1.82) is 0 Å². The maximum Gasteiger partial charge on any atom is 0.251 e. The zero-order valence-corrected chi connectivity index (χ0v) is 17.3. The Morgan fingerprint density at radius 1 is 1.00 bits per heavy atom. The summed E-state index contributed by atoms with van der Waals surface area (Å²) in [4.78, 5) is 15.0. The summed E-state index contributed by atoms with van der Waals surface area (Å²) in [6.45, 7) is 2.11. The molecule has 152 valence electrons. The van der Waals surface area contributed by atoms with Gasteiger partial charge >= 0.3 is 0 Å². The van der Waals surface area contributed by atoms with E-state index in [4.69, 9.17) is 4.74 Å². The molecule has 1 N–H and O–H groups in total. The first kappa shape index (κ1) is 19.8. The Kier molecular flexibility index (Phi) is 5.84. The Bertz CT molecular complexity index is 1030. The maximum absolute atomic E-state index is 13.1. The third kappa shape index (κ3) is 4.23. The number of nitrogens with one attached hydrogen (secondary N) is 1. The van der Waals surface area contributed by atoms with E-state index in [0.29, 0.717) is 0 Å². The van der Waals surface area contributed by atoms with Gasteiger partial charge in [-0.1, -0.05) is 48.5 Å². The van der Waals surface area contributed by atoms with Crippen LogP contribution in [-0.2, 0) is 4.79 Å². The van der Waals surface area contributed by atoms with E-state index in [1.807, 2.05) is 71.6 Å². The van der Waals surface area contributed by atoms with Crippen molar-refractivity contribution in [3.63, 3.8) is 0 Å². The first-order chi connectivity index (χ1) is 14.7. The summed E-state index contributed by atoms with van der Waals surface area (Å²) in [6.07, 6.45) is 4.35. The fourth-order valence-electron chi connectivity index (χ4n) is 3.98. The normalized spacial score (nSPS) is 18.1. The van der Waals surface area contributed by atoms with Crippen LogP contribution in [0.1, 0.15) is 30.5 Å². The number of amides is 1. The summed E-state index contributed by atoms with van der Waals surface area (Å²) in [5.41, 5.74) is 4.16. The summed E-state index contributed by atoms with van der Waals surface area (Å²) < 4.78 is 5.19. The van der Waals surface area contributed by atoms with Crippen LogP contribution in [0.25, 0.3) is 6.08 Å². The van der Waals surface area contributed by atoms with Gasteiger partial charge in [0, 0.05) is 23.5 Å². The molecule has 1 amide bonds. The minimum absolute atomic E-state index is 0.0103. The van der Waals surface area contributed by atoms with Crippen LogP contribution in [0.4, 0.5) is 11.4 Å². The third-order valence-corrected chi connectivity index (χ3v) is 5.48. The van der Waals surface area contributed by atoms with E-state index in [1.165, 1.54) is 0 Å². The molecular weight excluding hydrogens is 372 g/mol. The molecule has 3 aromatic rings. The molecule has 4 nitrogen and oxygen atoms in total. The van der Waals surface area contributed by atoms with Crippen molar-refractivity contribution in [2.24, 2.45) is 0 Å². The molecule has 0 saturated heterocycles. The van der Waals surface area contributed by atoms with E-state index in [1.54, 1.807) is 13.2 Å². The van der Waals surface area contributed by atoms with Gasteiger partial charge in [-0.15, -0.1) is 0 Å². The quantitative estimate of drug-likeness (QED) is 0.562. The number of rotatable bonds is 5. The lowest BCUT2D eigenvalue weighted by atomic mass is 9.91.